The van der Waals surface area contributed by atoms with E-state index in [4.69, 9.17) is 4.74 Å². The first-order valence-corrected chi connectivity index (χ1v) is 10.7. The van der Waals surface area contributed by atoms with Crippen LogP contribution in [0.15, 0.2) is 30.3 Å². The highest BCUT2D eigenvalue weighted by atomic mass is 16.5. The second-order valence-electron chi connectivity index (χ2n) is 8.58. The van der Waals surface area contributed by atoms with Crippen LogP contribution in [0.1, 0.15) is 48.9 Å². The Hall–Kier alpha value is -2.25. The molecule has 2 fully saturated rings. The number of carbonyl (C=O) groups excluding carboxylic acids is 1. The van der Waals surface area contributed by atoms with Gasteiger partial charge in [0.05, 0.1) is 18.0 Å². The Morgan fingerprint density at radius 2 is 1.90 bits per heavy atom. The molecule has 0 bridgehead atoms. The van der Waals surface area contributed by atoms with Gasteiger partial charge in [0, 0.05) is 32.8 Å². The molecule has 4 heterocycles. The smallest absolute Gasteiger partial charge is 0.234 e. The van der Waals surface area contributed by atoms with Crippen molar-refractivity contribution in [3.63, 3.8) is 0 Å². The van der Waals surface area contributed by atoms with E-state index in [1.807, 2.05) is 18.2 Å². The van der Waals surface area contributed by atoms with Crippen molar-refractivity contribution in [2.75, 3.05) is 33.4 Å². The van der Waals surface area contributed by atoms with Crippen molar-refractivity contribution in [2.45, 2.75) is 50.2 Å². The van der Waals surface area contributed by atoms with E-state index in [2.05, 4.69) is 43.7 Å². The van der Waals surface area contributed by atoms with Crippen molar-refractivity contribution in [2.24, 2.45) is 0 Å². The molecule has 0 saturated carbocycles. The van der Waals surface area contributed by atoms with Crippen LogP contribution < -0.4 is 0 Å². The van der Waals surface area contributed by atoms with Crippen LogP contribution in [-0.4, -0.2) is 63.8 Å². The van der Waals surface area contributed by atoms with Gasteiger partial charge in [0.2, 0.25) is 5.91 Å². The van der Waals surface area contributed by atoms with Crippen molar-refractivity contribution < 1.29 is 9.53 Å². The molecule has 1 aromatic heterocycles. The Morgan fingerprint density at radius 1 is 1.10 bits per heavy atom. The van der Waals surface area contributed by atoms with Crippen LogP contribution in [0.25, 0.3) is 0 Å². The fourth-order valence-corrected chi connectivity index (χ4v) is 5.20. The van der Waals surface area contributed by atoms with Gasteiger partial charge >= 0.3 is 0 Å². The molecule has 154 valence electrons. The predicted molar refractivity (Wildman–Crippen MR) is 108 cm³/mol. The zero-order valence-electron chi connectivity index (χ0n) is 17.1. The van der Waals surface area contributed by atoms with Gasteiger partial charge in [0.1, 0.15) is 5.82 Å². The summed E-state index contributed by atoms with van der Waals surface area (Å²) in [6.07, 6.45) is 3.45. The van der Waals surface area contributed by atoms with Gasteiger partial charge < -0.3 is 14.2 Å². The summed E-state index contributed by atoms with van der Waals surface area (Å²) < 4.78 is 7.89. The molecule has 2 saturated heterocycles. The van der Waals surface area contributed by atoms with Gasteiger partial charge in [-0.15, -0.1) is 10.2 Å². The number of fused-ring (bicyclic) bond motifs is 1. The molecule has 1 atom stereocenters. The third kappa shape index (κ3) is 3.16. The number of amides is 1. The first-order chi connectivity index (χ1) is 14.2. The number of rotatable bonds is 3. The van der Waals surface area contributed by atoms with Gasteiger partial charge in [0.25, 0.3) is 0 Å². The van der Waals surface area contributed by atoms with Gasteiger partial charge in [-0.25, -0.2) is 0 Å². The van der Waals surface area contributed by atoms with Crippen LogP contribution in [0.3, 0.4) is 0 Å². The van der Waals surface area contributed by atoms with Gasteiger partial charge in [-0.2, -0.15) is 0 Å². The molecule has 0 N–H and O–H groups in total. The molecule has 0 spiro atoms. The summed E-state index contributed by atoms with van der Waals surface area (Å²) in [5.74, 6) is 2.21. The number of carbonyl (C=O) groups is 1. The van der Waals surface area contributed by atoms with Crippen LogP contribution in [0.4, 0.5) is 0 Å². The first-order valence-electron chi connectivity index (χ1n) is 10.7. The Bertz CT molecular complexity index is 875. The summed E-state index contributed by atoms with van der Waals surface area (Å²) in [5.41, 5.74) is 0.622. The second kappa shape index (κ2) is 7.54. The van der Waals surface area contributed by atoms with Crippen LogP contribution >= 0.6 is 0 Å². The van der Waals surface area contributed by atoms with Crippen LogP contribution in [0.2, 0.25) is 0 Å². The molecular weight excluding hydrogens is 366 g/mol. The molecule has 3 aliphatic rings. The molecule has 29 heavy (non-hydrogen) atoms. The lowest BCUT2D eigenvalue weighted by Gasteiger charge is -2.40. The minimum atomic E-state index is -0.493. The topological polar surface area (TPSA) is 63.5 Å². The second-order valence-corrected chi connectivity index (χ2v) is 8.58. The molecule has 5 rings (SSSR count). The molecular formula is C22H29N5O2. The van der Waals surface area contributed by atoms with Crippen LogP contribution in [0.5, 0.6) is 0 Å². The largest absolute Gasteiger partial charge is 0.381 e. The number of nitrogens with zero attached hydrogens (tertiary/aromatic N) is 5. The summed E-state index contributed by atoms with van der Waals surface area (Å²) in [7, 11) is 2.11. The number of likely N-dealkylation sites (N-methyl/N-ethyl adjacent to an activating group) is 1. The molecule has 2 aromatic rings. The van der Waals surface area contributed by atoms with Crippen molar-refractivity contribution in [3.05, 3.63) is 47.5 Å². The predicted octanol–water partition coefficient (Wildman–Crippen LogP) is 2.14. The summed E-state index contributed by atoms with van der Waals surface area (Å²) in [5, 5.41) is 9.00. The first kappa shape index (κ1) is 18.8. The summed E-state index contributed by atoms with van der Waals surface area (Å²) >= 11 is 0. The van der Waals surface area contributed by atoms with E-state index in [1.54, 1.807) is 0 Å². The number of likely N-dealkylation sites (tertiary alicyclic amines) is 1. The summed E-state index contributed by atoms with van der Waals surface area (Å²) in [6, 6.07) is 10.3. The highest BCUT2D eigenvalue weighted by Gasteiger charge is 2.47. The zero-order chi connectivity index (χ0) is 19.8. The Balaban J connectivity index is 1.48. The number of hydrogen-bond acceptors (Lipinski definition) is 5. The van der Waals surface area contributed by atoms with Crippen molar-refractivity contribution in [1.29, 1.82) is 0 Å². The van der Waals surface area contributed by atoms with Gasteiger partial charge in [-0.1, -0.05) is 30.3 Å². The normalized spacial score (nSPS) is 24.4. The van der Waals surface area contributed by atoms with E-state index in [-0.39, 0.29) is 11.9 Å². The fourth-order valence-electron chi connectivity index (χ4n) is 5.20. The highest BCUT2D eigenvalue weighted by molar-refractivity contribution is 5.89. The number of benzene rings is 1. The van der Waals surface area contributed by atoms with Gasteiger partial charge in [0.15, 0.2) is 5.82 Å². The highest BCUT2D eigenvalue weighted by Crippen LogP contribution is 2.41. The van der Waals surface area contributed by atoms with E-state index >= 15 is 0 Å². The number of aromatic nitrogens is 3. The van der Waals surface area contributed by atoms with E-state index in [0.717, 1.165) is 69.1 Å². The molecule has 3 aliphatic heterocycles. The van der Waals surface area contributed by atoms with Crippen molar-refractivity contribution in [1.82, 2.24) is 24.6 Å². The maximum Gasteiger partial charge on any atom is 0.234 e. The van der Waals surface area contributed by atoms with Crippen LogP contribution in [0, 0.1) is 0 Å². The monoisotopic (exact) mass is 395 g/mol. The standard InChI is InChI=1S/C22H29N5O2/c1-25-12-13-27-19(16-25)23-24-20(27)18-8-5-11-26(18)21(28)22(9-14-29-15-10-22)17-6-3-2-4-7-17/h2-4,6-7,18H,5,8-16H2,1H3/t18-/m1/s1. The lowest BCUT2D eigenvalue weighted by molar-refractivity contribution is -0.142. The third-order valence-electron chi connectivity index (χ3n) is 6.87. The van der Waals surface area contributed by atoms with Crippen LogP contribution in [-0.2, 0) is 28.0 Å². The minimum Gasteiger partial charge on any atom is -0.381 e. The van der Waals surface area contributed by atoms with Gasteiger partial charge in [-0.3, -0.25) is 9.69 Å². The number of hydrogen-bond donors (Lipinski definition) is 0. The fraction of sp³-hybridized carbons (Fsp3) is 0.591. The summed E-state index contributed by atoms with van der Waals surface area (Å²) in [4.78, 5) is 18.4. The Labute approximate surface area is 171 Å². The van der Waals surface area contributed by atoms with Gasteiger partial charge in [-0.05, 0) is 38.3 Å². The quantitative estimate of drug-likeness (QED) is 0.797. The maximum absolute atomic E-state index is 14.1. The molecule has 0 unspecified atom stereocenters. The van der Waals surface area contributed by atoms with E-state index in [9.17, 15) is 4.79 Å². The third-order valence-corrected chi connectivity index (χ3v) is 6.87. The minimum absolute atomic E-state index is 0.0237. The zero-order valence-corrected chi connectivity index (χ0v) is 17.1. The van der Waals surface area contributed by atoms with E-state index in [1.165, 1.54) is 0 Å². The average molecular weight is 396 g/mol. The molecule has 0 aliphatic carbocycles. The Morgan fingerprint density at radius 3 is 2.69 bits per heavy atom. The average Bonchev–Trinajstić information content (AvgIpc) is 3.40. The molecule has 1 amide bonds. The van der Waals surface area contributed by atoms with E-state index < -0.39 is 5.41 Å². The molecule has 1 aromatic carbocycles. The molecule has 0 radical (unpaired) electrons. The maximum atomic E-state index is 14.1. The van der Waals surface area contributed by atoms with Crippen molar-refractivity contribution in [3.8, 4) is 0 Å². The lowest BCUT2D eigenvalue weighted by Crippen LogP contribution is -2.50. The SMILES string of the molecule is CN1CCn2c(nnc2[C@H]2CCCN2C(=O)C2(c3ccccc3)CCOCC2)C1. The molecule has 7 nitrogen and oxygen atoms in total. The molecule has 7 heteroatoms. The van der Waals surface area contributed by atoms with E-state index in [0.29, 0.717) is 13.2 Å². The Kier molecular flexibility index (Phi) is 4.87. The number of ether oxygens (including phenoxy) is 1. The lowest BCUT2D eigenvalue weighted by atomic mass is 9.73. The summed E-state index contributed by atoms with van der Waals surface area (Å²) in [6.45, 7) is 4.76. The van der Waals surface area contributed by atoms with Crippen molar-refractivity contribution >= 4 is 5.91 Å².